The molecule has 0 aliphatic carbocycles. The number of benzene rings is 1. The van der Waals surface area contributed by atoms with Crippen molar-refractivity contribution in [3.8, 4) is 5.75 Å². The molecule has 0 radical (unpaired) electrons. The van der Waals surface area contributed by atoms with Crippen LogP contribution in [-0.2, 0) is 18.4 Å². The molecule has 0 saturated carbocycles. The van der Waals surface area contributed by atoms with Crippen molar-refractivity contribution in [2.45, 2.75) is 34.2 Å². The number of rotatable bonds is 4. The summed E-state index contributed by atoms with van der Waals surface area (Å²) >= 11 is 0. The van der Waals surface area contributed by atoms with E-state index >= 15 is 0 Å². The zero-order chi connectivity index (χ0) is 21.5. The summed E-state index contributed by atoms with van der Waals surface area (Å²) < 4.78 is 7.51. The van der Waals surface area contributed by atoms with Gasteiger partial charge in [0.25, 0.3) is 5.56 Å². The molecule has 0 spiro atoms. The lowest BCUT2D eigenvalue weighted by atomic mass is 10.1. The number of carbonyl (C=O) groups is 1. The molecule has 0 saturated heterocycles. The van der Waals surface area contributed by atoms with Crippen molar-refractivity contribution >= 4 is 22.6 Å². The van der Waals surface area contributed by atoms with Gasteiger partial charge >= 0.3 is 5.69 Å². The summed E-state index contributed by atoms with van der Waals surface area (Å²) in [5, 5.41) is 2.99. The molecule has 3 rings (SSSR count). The van der Waals surface area contributed by atoms with Gasteiger partial charge in [0.2, 0.25) is 5.91 Å². The lowest BCUT2D eigenvalue weighted by Crippen LogP contribution is -2.42. The number of carbonyl (C=O) groups excluding carboxylic acids is 1. The number of nitrogens with one attached hydrogen (secondary N) is 1. The van der Waals surface area contributed by atoms with E-state index in [0.29, 0.717) is 17.0 Å². The van der Waals surface area contributed by atoms with Crippen molar-refractivity contribution in [3.05, 3.63) is 61.4 Å². The van der Waals surface area contributed by atoms with Crippen LogP contribution in [-0.4, -0.2) is 27.1 Å². The maximum atomic E-state index is 13.0. The number of fused-ring (bicyclic) bond motifs is 1. The average molecular weight is 396 g/mol. The number of aryl methyl sites for hydroxylation is 5. The zero-order valence-corrected chi connectivity index (χ0v) is 17.4. The number of hydrogen-bond donors (Lipinski definition) is 1. The Bertz CT molecular complexity index is 1230. The molecule has 1 N–H and O–H groups in total. The number of anilines is 1. The standard InChI is InChI=1S/C21H24N4O4/c1-11-7-12(2)17(13(3)8-11)23-15(26)10-25-20(27)16-18(29-6)14(4)9-22-19(16)24(5)21(25)28/h7-9H,10H2,1-6H3,(H,23,26). The number of methoxy groups -OCH3 is 1. The minimum absolute atomic E-state index is 0.171. The Labute approximate surface area is 167 Å². The van der Waals surface area contributed by atoms with Crippen LogP contribution in [0.15, 0.2) is 27.9 Å². The van der Waals surface area contributed by atoms with Crippen LogP contribution in [0.25, 0.3) is 11.0 Å². The van der Waals surface area contributed by atoms with Crippen molar-refractivity contribution in [1.82, 2.24) is 14.1 Å². The molecular weight excluding hydrogens is 372 g/mol. The number of aromatic nitrogens is 3. The Hall–Kier alpha value is -3.42. The van der Waals surface area contributed by atoms with Crippen LogP contribution in [0.1, 0.15) is 22.3 Å². The highest BCUT2D eigenvalue weighted by molar-refractivity contribution is 5.92. The number of hydrogen-bond acceptors (Lipinski definition) is 5. The normalized spacial score (nSPS) is 11.0. The van der Waals surface area contributed by atoms with Crippen molar-refractivity contribution in [1.29, 1.82) is 0 Å². The first-order valence-corrected chi connectivity index (χ1v) is 9.16. The van der Waals surface area contributed by atoms with E-state index < -0.39 is 23.7 Å². The van der Waals surface area contributed by atoms with Crippen LogP contribution in [0.2, 0.25) is 0 Å². The molecule has 0 fully saturated rings. The molecular formula is C21H24N4O4. The number of ether oxygens (including phenoxy) is 1. The highest BCUT2D eigenvalue weighted by Gasteiger charge is 2.19. The van der Waals surface area contributed by atoms with Gasteiger partial charge < -0.3 is 10.1 Å². The summed E-state index contributed by atoms with van der Waals surface area (Å²) in [6, 6.07) is 3.92. The van der Waals surface area contributed by atoms with Gasteiger partial charge in [-0.05, 0) is 38.8 Å². The van der Waals surface area contributed by atoms with Gasteiger partial charge in [-0.3, -0.25) is 14.2 Å². The molecule has 2 heterocycles. The molecule has 29 heavy (non-hydrogen) atoms. The fourth-order valence-electron chi connectivity index (χ4n) is 3.62. The molecule has 0 aliphatic rings. The van der Waals surface area contributed by atoms with Gasteiger partial charge in [0, 0.05) is 24.5 Å². The zero-order valence-electron chi connectivity index (χ0n) is 17.4. The molecule has 1 aromatic carbocycles. The molecule has 0 bridgehead atoms. The van der Waals surface area contributed by atoms with Crippen molar-refractivity contribution in [3.63, 3.8) is 0 Å². The van der Waals surface area contributed by atoms with Crippen LogP contribution in [0.5, 0.6) is 5.75 Å². The van der Waals surface area contributed by atoms with Crippen molar-refractivity contribution in [2.24, 2.45) is 7.05 Å². The summed E-state index contributed by atoms with van der Waals surface area (Å²) in [7, 11) is 2.96. The molecule has 8 heteroatoms. The summed E-state index contributed by atoms with van der Waals surface area (Å²) in [5.41, 5.74) is 3.25. The molecule has 0 unspecified atom stereocenters. The van der Waals surface area contributed by atoms with Crippen LogP contribution < -0.4 is 21.3 Å². The van der Waals surface area contributed by atoms with Gasteiger partial charge in [-0.15, -0.1) is 0 Å². The summed E-state index contributed by atoms with van der Waals surface area (Å²) in [4.78, 5) is 42.6. The maximum Gasteiger partial charge on any atom is 0.332 e. The third-order valence-corrected chi connectivity index (χ3v) is 4.93. The maximum absolute atomic E-state index is 13.0. The number of nitrogens with zero attached hydrogens (tertiary/aromatic N) is 3. The Morgan fingerprint density at radius 3 is 2.31 bits per heavy atom. The molecule has 3 aromatic rings. The predicted molar refractivity (Wildman–Crippen MR) is 112 cm³/mol. The second kappa shape index (κ2) is 7.54. The summed E-state index contributed by atoms with van der Waals surface area (Å²) in [5.74, 6) is -0.117. The smallest absolute Gasteiger partial charge is 0.332 e. The van der Waals surface area contributed by atoms with Gasteiger partial charge in [-0.1, -0.05) is 17.7 Å². The first-order valence-electron chi connectivity index (χ1n) is 9.16. The second-order valence-electron chi connectivity index (χ2n) is 7.23. The SMILES string of the molecule is COc1c(C)cnc2c1c(=O)n(CC(=O)Nc1c(C)cc(C)cc1C)c(=O)n2C. The average Bonchev–Trinajstić information content (AvgIpc) is 2.66. The highest BCUT2D eigenvalue weighted by atomic mass is 16.5. The van der Waals surface area contributed by atoms with Gasteiger partial charge in [0.1, 0.15) is 17.7 Å². The van der Waals surface area contributed by atoms with Gasteiger partial charge in [-0.25, -0.2) is 14.3 Å². The second-order valence-corrected chi connectivity index (χ2v) is 7.23. The Morgan fingerprint density at radius 1 is 1.10 bits per heavy atom. The minimum Gasteiger partial charge on any atom is -0.495 e. The molecule has 8 nitrogen and oxygen atoms in total. The van der Waals surface area contributed by atoms with E-state index in [4.69, 9.17) is 4.74 Å². The molecule has 2 aromatic heterocycles. The van der Waals surface area contributed by atoms with E-state index in [1.54, 1.807) is 13.1 Å². The topological polar surface area (TPSA) is 95.2 Å². The van der Waals surface area contributed by atoms with E-state index in [1.165, 1.54) is 18.7 Å². The third-order valence-electron chi connectivity index (χ3n) is 4.93. The lowest BCUT2D eigenvalue weighted by Gasteiger charge is -2.15. The molecule has 1 amide bonds. The molecule has 0 atom stereocenters. The van der Waals surface area contributed by atoms with Crippen LogP contribution in [0.4, 0.5) is 5.69 Å². The van der Waals surface area contributed by atoms with Crippen molar-refractivity contribution in [2.75, 3.05) is 12.4 Å². The van der Waals surface area contributed by atoms with E-state index in [-0.39, 0.29) is 11.0 Å². The Kier molecular flexibility index (Phi) is 5.28. The Morgan fingerprint density at radius 2 is 1.72 bits per heavy atom. The molecule has 152 valence electrons. The van der Waals surface area contributed by atoms with Gasteiger partial charge in [0.15, 0.2) is 5.65 Å². The van der Waals surface area contributed by atoms with E-state index in [0.717, 1.165) is 21.3 Å². The summed E-state index contributed by atoms with van der Waals surface area (Å²) in [6.45, 7) is 7.13. The Balaban J connectivity index is 2.08. The third kappa shape index (κ3) is 3.53. The van der Waals surface area contributed by atoms with Crippen LogP contribution in [0.3, 0.4) is 0 Å². The minimum atomic E-state index is -0.617. The van der Waals surface area contributed by atoms with Gasteiger partial charge in [0.05, 0.1) is 7.11 Å². The first kappa shape index (κ1) is 20.3. The lowest BCUT2D eigenvalue weighted by molar-refractivity contribution is -0.116. The number of pyridine rings is 1. The first-order chi connectivity index (χ1) is 13.6. The quantitative estimate of drug-likeness (QED) is 0.728. The summed E-state index contributed by atoms with van der Waals surface area (Å²) in [6.07, 6.45) is 1.54. The predicted octanol–water partition coefficient (Wildman–Crippen LogP) is 1.98. The molecule has 0 aliphatic heterocycles. The fourth-order valence-corrected chi connectivity index (χ4v) is 3.62. The largest absolute Gasteiger partial charge is 0.495 e. The van der Waals surface area contributed by atoms with Gasteiger partial charge in [-0.2, -0.15) is 0 Å². The monoisotopic (exact) mass is 396 g/mol. The number of amides is 1. The van der Waals surface area contributed by atoms with Crippen LogP contribution in [0, 0.1) is 27.7 Å². The van der Waals surface area contributed by atoms with E-state index in [1.807, 2.05) is 32.9 Å². The van der Waals surface area contributed by atoms with E-state index in [9.17, 15) is 14.4 Å². The van der Waals surface area contributed by atoms with Crippen LogP contribution >= 0.6 is 0 Å². The van der Waals surface area contributed by atoms with E-state index in [2.05, 4.69) is 10.3 Å². The van der Waals surface area contributed by atoms with Crippen molar-refractivity contribution < 1.29 is 9.53 Å². The fraction of sp³-hybridized carbons (Fsp3) is 0.333. The highest BCUT2D eigenvalue weighted by Crippen LogP contribution is 2.24.